The molecule has 1 atom stereocenters. The number of amides is 1. The van der Waals surface area contributed by atoms with Crippen molar-refractivity contribution < 1.29 is 9.53 Å². The predicted molar refractivity (Wildman–Crippen MR) is 76.4 cm³/mol. The summed E-state index contributed by atoms with van der Waals surface area (Å²) in [4.78, 5) is 17.9. The summed E-state index contributed by atoms with van der Waals surface area (Å²) < 4.78 is 5.69. The van der Waals surface area contributed by atoms with Gasteiger partial charge in [0.25, 0.3) is 0 Å². The van der Waals surface area contributed by atoms with Crippen molar-refractivity contribution in [2.24, 2.45) is 0 Å². The standard InChI is InChI=1S/C13H21N3O2S/c1-16(10-11-4-2-3-8-18-11)7-5-12(17)15-13-14-6-9-19-13/h6,9,11H,2-5,7-8,10H2,1H3,(H,14,15,17). The Morgan fingerprint density at radius 2 is 2.53 bits per heavy atom. The highest BCUT2D eigenvalue weighted by Crippen LogP contribution is 2.14. The number of carbonyl (C=O) groups excluding carboxylic acids is 1. The van der Waals surface area contributed by atoms with E-state index >= 15 is 0 Å². The number of nitrogens with zero attached hydrogens (tertiary/aromatic N) is 2. The molecule has 1 aromatic rings. The molecule has 1 fully saturated rings. The number of hydrogen-bond donors (Lipinski definition) is 1. The summed E-state index contributed by atoms with van der Waals surface area (Å²) in [5.41, 5.74) is 0. The lowest BCUT2D eigenvalue weighted by Gasteiger charge is -2.27. The Morgan fingerprint density at radius 1 is 1.63 bits per heavy atom. The fourth-order valence-corrected chi connectivity index (χ4v) is 2.69. The molecule has 0 aromatic carbocycles. The van der Waals surface area contributed by atoms with Crippen LogP contribution in [0.1, 0.15) is 25.7 Å². The van der Waals surface area contributed by atoms with Crippen LogP contribution in [0.3, 0.4) is 0 Å². The Bertz CT molecular complexity index is 377. The lowest BCUT2D eigenvalue weighted by Crippen LogP contribution is -2.35. The highest BCUT2D eigenvalue weighted by molar-refractivity contribution is 7.13. The van der Waals surface area contributed by atoms with Crippen LogP contribution < -0.4 is 5.32 Å². The summed E-state index contributed by atoms with van der Waals surface area (Å²) in [6, 6.07) is 0. The maximum Gasteiger partial charge on any atom is 0.227 e. The number of carbonyl (C=O) groups is 1. The van der Waals surface area contributed by atoms with Crippen molar-refractivity contribution in [1.29, 1.82) is 0 Å². The van der Waals surface area contributed by atoms with Gasteiger partial charge in [-0.2, -0.15) is 0 Å². The Morgan fingerprint density at radius 3 is 3.21 bits per heavy atom. The van der Waals surface area contributed by atoms with Crippen LogP contribution in [-0.2, 0) is 9.53 Å². The smallest absolute Gasteiger partial charge is 0.227 e. The summed E-state index contributed by atoms with van der Waals surface area (Å²) in [7, 11) is 2.04. The molecule has 19 heavy (non-hydrogen) atoms. The topological polar surface area (TPSA) is 54.5 Å². The first-order valence-corrected chi connectivity index (χ1v) is 7.61. The van der Waals surface area contributed by atoms with E-state index in [1.165, 1.54) is 24.2 Å². The molecule has 1 amide bonds. The van der Waals surface area contributed by atoms with Crippen molar-refractivity contribution in [2.75, 3.05) is 32.1 Å². The number of aromatic nitrogens is 1. The largest absolute Gasteiger partial charge is 0.377 e. The zero-order valence-corrected chi connectivity index (χ0v) is 12.1. The summed E-state index contributed by atoms with van der Waals surface area (Å²) in [5.74, 6) is 0.0198. The van der Waals surface area contributed by atoms with E-state index in [0.29, 0.717) is 17.7 Å². The molecule has 1 saturated heterocycles. The number of hydrogen-bond acceptors (Lipinski definition) is 5. The number of likely N-dealkylation sites (N-methyl/N-ethyl adjacent to an activating group) is 1. The summed E-state index contributed by atoms with van der Waals surface area (Å²) in [5, 5.41) is 5.31. The molecule has 0 bridgehead atoms. The quantitative estimate of drug-likeness (QED) is 0.867. The van der Waals surface area contributed by atoms with Crippen LogP contribution in [0.25, 0.3) is 0 Å². The molecule has 6 heteroatoms. The molecule has 2 rings (SSSR count). The number of rotatable bonds is 6. The predicted octanol–water partition coefficient (Wildman–Crippen LogP) is 1.97. The van der Waals surface area contributed by atoms with Crippen molar-refractivity contribution in [3.8, 4) is 0 Å². The van der Waals surface area contributed by atoms with E-state index in [1.54, 1.807) is 6.20 Å². The molecule has 1 aliphatic heterocycles. The zero-order valence-electron chi connectivity index (χ0n) is 11.3. The van der Waals surface area contributed by atoms with Crippen LogP contribution in [-0.4, -0.2) is 48.6 Å². The maximum atomic E-state index is 11.7. The van der Waals surface area contributed by atoms with Crippen molar-refractivity contribution in [3.05, 3.63) is 11.6 Å². The SMILES string of the molecule is CN(CCC(=O)Nc1nccs1)CC1CCCCO1. The summed E-state index contributed by atoms with van der Waals surface area (Å²) in [6.45, 7) is 2.53. The van der Waals surface area contributed by atoms with E-state index in [2.05, 4.69) is 15.2 Å². The Kier molecular flexibility index (Phi) is 5.75. The Hall–Kier alpha value is -0.980. The van der Waals surface area contributed by atoms with Crippen LogP contribution in [0.4, 0.5) is 5.13 Å². The van der Waals surface area contributed by atoms with Crippen LogP contribution in [0.15, 0.2) is 11.6 Å². The molecule has 0 radical (unpaired) electrons. The fraction of sp³-hybridized carbons (Fsp3) is 0.692. The second-order valence-corrected chi connectivity index (χ2v) is 5.78. The second-order valence-electron chi connectivity index (χ2n) is 4.89. The highest BCUT2D eigenvalue weighted by atomic mass is 32.1. The molecule has 0 spiro atoms. The van der Waals surface area contributed by atoms with Gasteiger partial charge in [0.1, 0.15) is 0 Å². The lowest BCUT2D eigenvalue weighted by atomic mass is 10.1. The van der Waals surface area contributed by atoms with E-state index < -0.39 is 0 Å². The van der Waals surface area contributed by atoms with Gasteiger partial charge in [-0.3, -0.25) is 4.79 Å². The van der Waals surface area contributed by atoms with Gasteiger partial charge in [-0.1, -0.05) is 0 Å². The molecule has 5 nitrogen and oxygen atoms in total. The minimum Gasteiger partial charge on any atom is -0.377 e. The lowest BCUT2D eigenvalue weighted by molar-refractivity contribution is -0.116. The first-order chi connectivity index (χ1) is 9.24. The summed E-state index contributed by atoms with van der Waals surface area (Å²) in [6.07, 6.45) is 6.07. The second kappa shape index (κ2) is 7.57. The minimum atomic E-state index is 0.0198. The van der Waals surface area contributed by atoms with Crippen molar-refractivity contribution in [3.63, 3.8) is 0 Å². The molecule has 1 aliphatic rings. The van der Waals surface area contributed by atoms with E-state index in [-0.39, 0.29) is 5.91 Å². The van der Waals surface area contributed by atoms with E-state index in [4.69, 9.17) is 4.74 Å². The van der Waals surface area contributed by atoms with Crippen molar-refractivity contribution in [2.45, 2.75) is 31.8 Å². The van der Waals surface area contributed by atoms with Gasteiger partial charge in [-0.25, -0.2) is 4.98 Å². The summed E-state index contributed by atoms with van der Waals surface area (Å²) >= 11 is 1.44. The maximum absolute atomic E-state index is 11.7. The molecular weight excluding hydrogens is 262 g/mol. The van der Waals surface area contributed by atoms with Gasteiger partial charge in [-0.05, 0) is 26.3 Å². The van der Waals surface area contributed by atoms with Gasteiger partial charge in [0, 0.05) is 37.7 Å². The third-order valence-corrected chi connectivity index (χ3v) is 3.88. The average Bonchev–Trinajstić information content (AvgIpc) is 2.90. The van der Waals surface area contributed by atoms with Gasteiger partial charge in [0.15, 0.2) is 5.13 Å². The van der Waals surface area contributed by atoms with E-state index in [1.807, 2.05) is 12.4 Å². The van der Waals surface area contributed by atoms with E-state index in [9.17, 15) is 4.79 Å². The number of nitrogens with one attached hydrogen (secondary N) is 1. The number of ether oxygens (including phenoxy) is 1. The number of anilines is 1. The number of thiazole rings is 1. The van der Waals surface area contributed by atoms with Gasteiger partial charge < -0.3 is 15.0 Å². The fourth-order valence-electron chi connectivity index (χ4n) is 2.15. The molecule has 0 aliphatic carbocycles. The monoisotopic (exact) mass is 283 g/mol. The van der Waals surface area contributed by atoms with Crippen molar-refractivity contribution in [1.82, 2.24) is 9.88 Å². The van der Waals surface area contributed by atoms with Gasteiger partial charge in [-0.15, -0.1) is 11.3 Å². The molecule has 1 N–H and O–H groups in total. The van der Waals surface area contributed by atoms with Crippen molar-refractivity contribution >= 4 is 22.4 Å². The first kappa shape index (κ1) is 14.4. The van der Waals surface area contributed by atoms with Crippen LogP contribution >= 0.6 is 11.3 Å². The van der Waals surface area contributed by atoms with Gasteiger partial charge >= 0.3 is 0 Å². The Labute approximate surface area is 118 Å². The average molecular weight is 283 g/mol. The molecule has 0 saturated carbocycles. The molecule has 1 aromatic heterocycles. The third kappa shape index (κ3) is 5.26. The zero-order chi connectivity index (χ0) is 13.5. The third-order valence-electron chi connectivity index (χ3n) is 3.19. The molecule has 106 valence electrons. The molecule has 1 unspecified atom stereocenters. The van der Waals surface area contributed by atoms with Crippen LogP contribution in [0, 0.1) is 0 Å². The van der Waals surface area contributed by atoms with Gasteiger partial charge in [0.05, 0.1) is 6.10 Å². The van der Waals surface area contributed by atoms with Gasteiger partial charge in [0.2, 0.25) is 5.91 Å². The Balaban J connectivity index is 1.62. The van der Waals surface area contributed by atoms with Crippen LogP contribution in [0.5, 0.6) is 0 Å². The first-order valence-electron chi connectivity index (χ1n) is 6.73. The minimum absolute atomic E-state index is 0.0198. The van der Waals surface area contributed by atoms with Crippen LogP contribution in [0.2, 0.25) is 0 Å². The normalized spacial score (nSPS) is 19.6. The van der Waals surface area contributed by atoms with E-state index in [0.717, 1.165) is 26.1 Å². The molecular formula is C13H21N3O2S. The highest BCUT2D eigenvalue weighted by Gasteiger charge is 2.16. The molecule has 2 heterocycles.